The quantitative estimate of drug-likeness (QED) is 0.835. The third kappa shape index (κ3) is 3.77. The highest BCUT2D eigenvalue weighted by Crippen LogP contribution is 2.30. The molecule has 0 saturated carbocycles. The van der Waals surface area contributed by atoms with Crippen LogP contribution in [0.5, 0.6) is 0 Å². The summed E-state index contributed by atoms with van der Waals surface area (Å²) in [6.45, 7) is 7.23. The fourth-order valence-electron chi connectivity index (χ4n) is 2.44. The Morgan fingerprint density at radius 1 is 1.40 bits per heavy atom. The highest BCUT2D eigenvalue weighted by atomic mass is 32.2. The summed E-state index contributed by atoms with van der Waals surface area (Å²) >= 11 is 1.64. The largest absolute Gasteiger partial charge is 0.213 e. The van der Waals surface area contributed by atoms with Crippen molar-refractivity contribution in [3.8, 4) is 0 Å². The summed E-state index contributed by atoms with van der Waals surface area (Å²) in [4.78, 5) is 0. The first kappa shape index (κ1) is 15.9. The van der Waals surface area contributed by atoms with Gasteiger partial charge in [0.05, 0.1) is 5.75 Å². The van der Waals surface area contributed by atoms with Crippen molar-refractivity contribution < 1.29 is 8.42 Å². The number of piperidine rings is 1. The van der Waals surface area contributed by atoms with Crippen molar-refractivity contribution >= 4 is 21.4 Å². The molecule has 0 aliphatic carbocycles. The second-order valence-corrected chi connectivity index (χ2v) is 9.08. The Balaban J connectivity index is 2.07. The Morgan fingerprint density at radius 3 is 2.80 bits per heavy atom. The van der Waals surface area contributed by atoms with Crippen LogP contribution in [-0.4, -0.2) is 41.8 Å². The van der Waals surface area contributed by atoms with Crippen LogP contribution in [0.15, 0.2) is 0 Å². The molecule has 7 heteroatoms. The van der Waals surface area contributed by atoms with E-state index in [2.05, 4.69) is 24.0 Å². The van der Waals surface area contributed by atoms with Gasteiger partial charge in [-0.15, -0.1) is 21.5 Å². The molecule has 0 radical (unpaired) electrons. The minimum atomic E-state index is -3.08. The molecule has 1 fully saturated rings. The van der Waals surface area contributed by atoms with Crippen LogP contribution in [0.2, 0.25) is 0 Å². The molecule has 0 bridgehead atoms. The van der Waals surface area contributed by atoms with E-state index in [-0.39, 0.29) is 11.7 Å². The summed E-state index contributed by atoms with van der Waals surface area (Å²) in [6, 6.07) is 0. The van der Waals surface area contributed by atoms with Gasteiger partial charge >= 0.3 is 0 Å². The van der Waals surface area contributed by atoms with E-state index in [0.29, 0.717) is 19.0 Å². The van der Waals surface area contributed by atoms with E-state index in [1.165, 1.54) is 0 Å². The Bertz CT molecular complexity index is 540. The zero-order chi connectivity index (χ0) is 14.8. The second-order valence-electron chi connectivity index (χ2n) is 5.73. The van der Waals surface area contributed by atoms with Gasteiger partial charge in [-0.2, -0.15) is 0 Å². The molecule has 1 aliphatic heterocycles. The van der Waals surface area contributed by atoms with Crippen LogP contribution in [0.4, 0.5) is 0 Å². The van der Waals surface area contributed by atoms with Crippen LogP contribution in [0.1, 0.15) is 49.5 Å². The van der Waals surface area contributed by atoms with Crippen LogP contribution < -0.4 is 0 Å². The van der Waals surface area contributed by atoms with Crippen LogP contribution in [0.3, 0.4) is 0 Å². The topological polar surface area (TPSA) is 63.2 Å². The first-order valence-electron chi connectivity index (χ1n) is 7.22. The number of nitrogens with zero attached hydrogens (tertiary/aromatic N) is 3. The number of rotatable bonds is 5. The van der Waals surface area contributed by atoms with Gasteiger partial charge in [-0.1, -0.05) is 13.8 Å². The SMILES string of the molecule is CCS(=O)(=O)N1CCCC(c2nnc(CC(C)C)s2)C1. The van der Waals surface area contributed by atoms with E-state index in [1.54, 1.807) is 22.6 Å². The van der Waals surface area contributed by atoms with Crippen molar-refractivity contribution in [1.82, 2.24) is 14.5 Å². The summed E-state index contributed by atoms with van der Waals surface area (Å²) in [5.41, 5.74) is 0. The highest BCUT2D eigenvalue weighted by molar-refractivity contribution is 7.89. The number of hydrogen-bond donors (Lipinski definition) is 0. The van der Waals surface area contributed by atoms with E-state index in [9.17, 15) is 8.42 Å². The van der Waals surface area contributed by atoms with E-state index in [4.69, 9.17) is 0 Å². The lowest BCUT2D eigenvalue weighted by Crippen LogP contribution is -2.39. The standard InChI is InChI=1S/C13H23N3O2S2/c1-4-20(17,18)16-7-5-6-11(9-16)13-15-14-12(19-13)8-10(2)3/h10-11H,4-9H2,1-3H3. The monoisotopic (exact) mass is 317 g/mol. The average molecular weight is 317 g/mol. The Hall–Kier alpha value is -0.530. The number of sulfonamides is 1. The fraction of sp³-hybridized carbons (Fsp3) is 0.846. The molecule has 2 heterocycles. The Kier molecular flexibility index (Phi) is 5.14. The molecule has 1 aromatic rings. The normalized spacial score (nSPS) is 21.5. The van der Waals surface area contributed by atoms with Gasteiger partial charge in [-0.3, -0.25) is 0 Å². The van der Waals surface area contributed by atoms with Crippen LogP contribution in [0.25, 0.3) is 0 Å². The van der Waals surface area contributed by atoms with Gasteiger partial charge in [-0.05, 0) is 25.7 Å². The minimum absolute atomic E-state index is 0.175. The minimum Gasteiger partial charge on any atom is -0.212 e. The zero-order valence-corrected chi connectivity index (χ0v) is 14.0. The van der Waals surface area contributed by atoms with Gasteiger partial charge in [0, 0.05) is 25.4 Å². The maximum Gasteiger partial charge on any atom is 0.213 e. The van der Waals surface area contributed by atoms with E-state index >= 15 is 0 Å². The summed E-state index contributed by atoms with van der Waals surface area (Å²) in [6.07, 6.45) is 2.86. The molecule has 1 aliphatic rings. The maximum atomic E-state index is 12.0. The maximum absolute atomic E-state index is 12.0. The molecular weight excluding hydrogens is 294 g/mol. The molecule has 0 spiro atoms. The molecule has 114 valence electrons. The molecule has 0 N–H and O–H groups in total. The third-order valence-corrected chi connectivity index (χ3v) is 6.51. The lowest BCUT2D eigenvalue weighted by atomic mass is 10.0. The predicted molar refractivity (Wildman–Crippen MR) is 81.5 cm³/mol. The lowest BCUT2D eigenvalue weighted by molar-refractivity contribution is 0.315. The molecule has 1 unspecified atom stereocenters. The van der Waals surface area contributed by atoms with Crippen molar-refractivity contribution in [2.45, 2.75) is 46.0 Å². The molecule has 2 rings (SSSR count). The number of aromatic nitrogens is 2. The van der Waals surface area contributed by atoms with Gasteiger partial charge < -0.3 is 0 Å². The lowest BCUT2D eigenvalue weighted by Gasteiger charge is -2.30. The van der Waals surface area contributed by atoms with Crippen molar-refractivity contribution in [3.05, 3.63) is 10.0 Å². The Labute approximate surface area is 125 Å². The van der Waals surface area contributed by atoms with Gasteiger partial charge in [-0.25, -0.2) is 12.7 Å². The van der Waals surface area contributed by atoms with Crippen molar-refractivity contribution in [2.24, 2.45) is 5.92 Å². The summed E-state index contributed by atoms with van der Waals surface area (Å²) in [5.74, 6) is 0.955. The summed E-state index contributed by atoms with van der Waals surface area (Å²) in [7, 11) is -3.08. The first-order valence-corrected chi connectivity index (χ1v) is 9.65. The predicted octanol–water partition coefficient (Wildman–Crippen LogP) is 2.27. The van der Waals surface area contributed by atoms with E-state index in [0.717, 1.165) is 29.3 Å². The smallest absolute Gasteiger partial charge is 0.212 e. The third-order valence-electron chi connectivity index (χ3n) is 3.56. The Morgan fingerprint density at radius 2 is 2.15 bits per heavy atom. The molecule has 20 heavy (non-hydrogen) atoms. The molecule has 1 atom stereocenters. The second kappa shape index (κ2) is 6.49. The molecule has 5 nitrogen and oxygen atoms in total. The first-order chi connectivity index (χ1) is 9.42. The van der Waals surface area contributed by atoms with Crippen LogP contribution in [0, 0.1) is 5.92 Å². The van der Waals surface area contributed by atoms with Crippen molar-refractivity contribution in [1.29, 1.82) is 0 Å². The van der Waals surface area contributed by atoms with Gasteiger partial charge in [0.1, 0.15) is 10.0 Å². The molecule has 1 aromatic heterocycles. The fourth-order valence-corrected chi connectivity index (χ4v) is 4.80. The van der Waals surface area contributed by atoms with E-state index in [1.807, 2.05) is 0 Å². The van der Waals surface area contributed by atoms with Gasteiger partial charge in [0.25, 0.3) is 0 Å². The molecule has 0 amide bonds. The highest BCUT2D eigenvalue weighted by Gasteiger charge is 2.30. The average Bonchev–Trinajstić information content (AvgIpc) is 2.86. The summed E-state index contributed by atoms with van der Waals surface area (Å²) in [5, 5.41) is 10.6. The molecule has 0 aromatic carbocycles. The number of hydrogen-bond acceptors (Lipinski definition) is 5. The van der Waals surface area contributed by atoms with E-state index < -0.39 is 10.0 Å². The van der Waals surface area contributed by atoms with Gasteiger partial charge in [0.15, 0.2) is 0 Å². The molecule has 1 saturated heterocycles. The summed E-state index contributed by atoms with van der Waals surface area (Å²) < 4.78 is 25.6. The van der Waals surface area contributed by atoms with Crippen molar-refractivity contribution in [2.75, 3.05) is 18.8 Å². The zero-order valence-electron chi connectivity index (χ0n) is 12.4. The van der Waals surface area contributed by atoms with Gasteiger partial charge in [0.2, 0.25) is 10.0 Å². The van der Waals surface area contributed by atoms with Crippen LogP contribution in [-0.2, 0) is 16.4 Å². The van der Waals surface area contributed by atoms with Crippen LogP contribution >= 0.6 is 11.3 Å². The van der Waals surface area contributed by atoms with Crippen molar-refractivity contribution in [3.63, 3.8) is 0 Å². The molecular formula is C13H23N3O2S2.